The Kier molecular flexibility index (Phi) is 6.05. The van der Waals surface area contributed by atoms with Crippen LogP contribution >= 0.6 is 0 Å². The van der Waals surface area contributed by atoms with Crippen molar-refractivity contribution in [2.75, 3.05) is 13.2 Å². The smallest absolute Gasteiger partial charge is 0.327 e. The lowest BCUT2D eigenvalue weighted by atomic mass is 10.1. The Morgan fingerprint density at radius 3 is 2.82 bits per heavy atom. The van der Waals surface area contributed by atoms with Crippen LogP contribution < -0.4 is 5.32 Å². The summed E-state index contributed by atoms with van der Waals surface area (Å²) in [6.45, 7) is 3.50. The summed E-state index contributed by atoms with van der Waals surface area (Å²) in [6.07, 6.45) is -0.691. The average molecular weight is 391 g/mol. The minimum atomic E-state index is -0.875. The van der Waals surface area contributed by atoms with Gasteiger partial charge < -0.3 is 25.0 Å². The number of nitrogens with zero attached hydrogens (tertiary/aromatic N) is 2. The van der Waals surface area contributed by atoms with E-state index in [1.165, 1.54) is 17.2 Å². The Balaban J connectivity index is 1.67. The third-order valence-corrected chi connectivity index (χ3v) is 4.57. The third-order valence-electron chi connectivity index (χ3n) is 4.57. The molecule has 2 aliphatic rings. The Labute approximate surface area is 160 Å². The molecule has 1 aromatic rings. The molecule has 0 radical (unpaired) electrons. The van der Waals surface area contributed by atoms with E-state index in [9.17, 15) is 25.1 Å². The van der Waals surface area contributed by atoms with E-state index in [0.29, 0.717) is 16.8 Å². The SMILES string of the molecule is C=C1NC(=O)N(C2CC(O)C(CO)O2)C=C1COCc1ccccc1[N+](=O)[O-]. The lowest BCUT2D eigenvalue weighted by molar-refractivity contribution is -0.385. The Morgan fingerprint density at radius 2 is 2.14 bits per heavy atom. The summed E-state index contributed by atoms with van der Waals surface area (Å²) < 4.78 is 11.1. The lowest BCUT2D eigenvalue weighted by Gasteiger charge is -2.31. The highest BCUT2D eigenvalue weighted by molar-refractivity contribution is 5.80. The van der Waals surface area contributed by atoms with Gasteiger partial charge in [0.2, 0.25) is 0 Å². The quantitative estimate of drug-likeness (QED) is 0.466. The highest BCUT2D eigenvalue weighted by Crippen LogP contribution is 2.27. The number of ether oxygens (including phenoxy) is 2. The average Bonchev–Trinajstić information content (AvgIpc) is 3.04. The van der Waals surface area contributed by atoms with Crippen molar-refractivity contribution in [2.24, 2.45) is 0 Å². The molecule has 28 heavy (non-hydrogen) atoms. The minimum absolute atomic E-state index is 0.0148. The van der Waals surface area contributed by atoms with Crippen LogP contribution in [0.3, 0.4) is 0 Å². The van der Waals surface area contributed by atoms with E-state index in [-0.39, 0.29) is 31.9 Å². The summed E-state index contributed by atoms with van der Waals surface area (Å²) in [5, 5.41) is 32.7. The van der Waals surface area contributed by atoms with Gasteiger partial charge in [-0.1, -0.05) is 18.7 Å². The van der Waals surface area contributed by atoms with Crippen LogP contribution in [0.5, 0.6) is 0 Å². The number of nitro benzene ring substituents is 1. The van der Waals surface area contributed by atoms with Crippen LogP contribution in [-0.2, 0) is 16.1 Å². The van der Waals surface area contributed by atoms with E-state index < -0.39 is 29.4 Å². The van der Waals surface area contributed by atoms with Crippen LogP contribution in [0.4, 0.5) is 10.5 Å². The maximum Gasteiger partial charge on any atom is 0.327 e. The predicted octanol–water partition coefficient (Wildman–Crippen LogP) is 1.00. The van der Waals surface area contributed by atoms with Gasteiger partial charge in [-0.3, -0.25) is 15.0 Å². The Morgan fingerprint density at radius 1 is 1.39 bits per heavy atom. The molecule has 1 aromatic carbocycles. The molecule has 3 rings (SSSR count). The fraction of sp³-hybridized carbons (Fsp3) is 0.389. The van der Waals surface area contributed by atoms with Crippen molar-refractivity contribution >= 4 is 11.7 Å². The lowest BCUT2D eigenvalue weighted by Crippen LogP contribution is -2.46. The first-order chi connectivity index (χ1) is 13.4. The predicted molar refractivity (Wildman–Crippen MR) is 96.7 cm³/mol. The van der Waals surface area contributed by atoms with Gasteiger partial charge >= 0.3 is 6.03 Å². The zero-order chi connectivity index (χ0) is 20.3. The first-order valence-corrected chi connectivity index (χ1v) is 8.64. The third kappa shape index (κ3) is 4.20. The topological polar surface area (TPSA) is 134 Å². The highest BCUT2D eigenvalue weighted by Gasteiger charge is 2.39. The van der Waals surface area contributed by atoms with E-state index in [4.69, 9.17) is 9.47 Å². The van der Waals surface area contributed by atoms with Crippen molar-refractivity contribution < 1.29 is 29.4 Å². The van der Waals surface area contributed by atoms with Gasteiger partial charge in [-0.05, 0) is 6.07 Å². The van der Waals surface area contributed by atoms with Gasteiger partial charge in [-0.15, -0.1) is 0 Å². The molecule has 10 heteroatoms. The zero-order valence-electron chi connectivity index (χ0n) is 15.0. The van der Waals surface area contributed by atoms with Gasteiger partial charge in [0.25, 0.3) is 5.69 Å². The second-order valence-corrected chi connectivity index (χ2v) is 6.46. The maximum absolute atomic E-state index is 12.2. The number of rotatable bonds is 7. The molecule has 0 spiro atoms. The van der Waals surface area contributed by atoms with Crippen molar-refractivity contribution in [3.8, 4) is 0 Å². The Bertz CT molecular complexity index is 810. The fourth-order valence-corrected chi connectivity index (χ4v) is 3.05. The molecule has 0 bridgehead atoms. The first kappa shape index (κ1) is 20.0. The van der Waals surface area contributed by atoms with Crippen LogP contribution in [0.1, 0.15) is 12.0 Å². The number of amides is 2. The van der Waals surface area contributed by atoms with Gasteiger partial charge in [-0.2, -0.15) is 0 Å². The molecule has 2 heterocycles. The number of hydrogen-bond donors (Lipinski definition) is 3. The fourth-order valence-electron chi connectivity index (χ4n) is 3.05. The van der Waals surface area contributed by atoms with Crippen molar-refractivity contribution in [3.05, 3.63) is 64.0 Å². The summed E-state index contributed by atoms with van der Waals surface area (Å²) in [7, 11) is 0. The molecule has 10 nitrogen and oxygen atoms in total. The first-order valence-electron chi connectivity index (χ1n) is 8.64. The maximum atomic E-state index is 12.2. The number of urea groups is 1. The van der Waals surface area contributed by atoms with Crippen molar-refractivity contribution in [1.82, 2.24) is 10.2 Å². The number of para-hydroxylation sites is 1. The number of carbonyl (C=O) groups is 1. The number of hydrogen-bond acceptors (Lipinski definition) is 7. The molecule has 1 fully saturated rings. The molecule has 2 aliphatic heterocycles. The van der Waals surface area contributed by atoms with Gasteiger partial charge in [0.1, 0.15) is 12.3 Å². The molecule has 0 saturated carbocycles. The number of nitrogens with one attached hydrogen (secondary N) is 1. The molecule has 0 aromatic heterocycles. The summed E-state index contributed by atoms with van der Waals surface area (Å²) in [5.74, 6) is 0. The normalized spacial score (nSPS) is 24.9. The molecule has 1 saturated heterocycles. The number of aliphatic hydroxyl groups excluding tert-OH is 2. The van der Waals surface area contributed by atoms with Gasteiger partial charge in [0, 0.05) is 30.0 Å². The van der Waals surface area contributed by atoms with Crippen LogP contribution in [0.2, 0.25) is 0 Å². The number of carbonyl (C=O) groups excluding carboxylic acids is 1. The molecule has 3 atom stereocenters. The number of aliphatic hydroxyl groups is 2. The summed E-state index contributed by atoms with van der Waals surface area (Å²) in [5.41, 5.74) is 1.31. The van der Waals surface area contributed by atoms with E-state index in [1.54, 1.807) is 18.2 Å². The van der Waals surface area contributed by atoms with E-state index in [1.807, 2.05) is 0 Å². The number of nitro groups is 1. The molecule has 3 N–H and O–H groups in total. The van der Waals surface area contributed by atoms with Crippen LogP contribution in [0.15, 0.2) is 48.3 Å². The largest absolute Gasteiger partial charge is 0.394 e. The second-order valence-electron chi connectivity index (χ2n) is 6.46. The molecular formula is C18H21N3O7. The standard InChI is InChI=1S/C18H21N3O7/c1-11-13(10-27-9-12-4-2-3-5-14(12)21(25)26)7-20(18(24)19-11)17-6-15(23)16(8-22)28-17/h2-5,7,15-17,22-23H,1,6,8-10H2,(H,19,24). The van der Waals surface area contributed by atoms with E-state index in [0.717, 1.165) is 0 Å². The van der Waals surface area contributed by atoms with Crippen LogP contribution in [-0.4, -0.2) is 57.7 Å². The minimum Gasteiger partial charge on any atom is -0.394 e. The van der Waals surface area contributed by atoms with Crippen LogP contribution in [0, 0.1) is 10.1 Å². The summed E-state index contributed by atoms with van der Waals surface area (Å²) in [6, 6.07) is 5.81. The van der Waals surface area contributed by atoms with E-state index in [2.05, 4.69) is 11.9 Å². The summed E-state index contributed by atoms with van der Waals surface area (Å²) in [4.78, 5) is 24.1. The van der Waals surface area contributed by atoms with Crippen LogP contribution in [0.25, 0.3) is 0 Å². The molecular weight excluding hydrogens is 370 g/mol. The van der Waals surface area contributed by atoms with Crippen molar-refractivity contribution in [1.29, 1.82) is 0 Å². The molecule has 2 amide bonds. The van der Waals surface area contributed by atoms with E-state index >= 15 is 0 Å². The highest BCUT2D eigenvalue weighted by atomic mass is 16.6. The van der Waals surface area contributed by atoms with Gasteiger partial charge in [0.15, 0.2) is 0 Å². The monoisotopic (exact) mass is 391 g/mol. The molecule has 150 valence electrons. The number of benzene rings is 1. The van der Waals surface area contributed by atoms with Crippen molar-refractivity contribution in [2.45, 2.75) is 31.5 Å². The summed E-state index contributed by atoms with van der Waals surface area (Å²) >= 11 is 0. The van der Waals surface area contributed by atoms with Gasteiger partial charge in [0.05, 0.1) is 36.4 Å². The molecule has 0 aliphatic carbocycles. The second kappa shape index (κ2) is 8.48. The molecule has 3 unspecified atom stereocenters. The van der Waals surface area contributed by atoms with Crippen molar-refractivity contribution in [3.63, 3.8) is 0 Å². The van der Waals surface area contributed by atoms with Gasteiger partial charge in [-0.25, -0.2) is 4.79 Å². The Hall–Kier alpha value is -2.79. The zero-order valence-corrected chi connectivity index (χ0v) is 15.0.